The number of benzene rings is 1. The maximum absolute atomic E-state index is 2.47. The molecule has 0 atom stereocenters. The predicted octanol–water partition coefficient (Wildman–Crippen LogP) is 3.77. The Kier molecular flexibility index (Phi) is 4.42. The van der Waals surface area contributed by atoms with Crippen LogP contribution in [0.2, 0.25) is 0 Å². The Morgan fingerprint density at radius 3 is 1.95 bits per heavy atom. The molecule has 2 aliphatic rings. The van der Waals surface area contributed by atoms with Gasteiger partial charge in [-0.1, -0.05) is 61.9 Å². The second-order valence-corrected chi connectivity index (χ2v) is 7.83. The van der Waals surface area contributed by atoms with Gasteiger partial charge in [-0.2, -0.15) is 0 Å². The summed E-state index contributed by atoms with van der Waals surface area (Å²) in [4.78, 5) is 0. The fraction of sp³-hybridized carbons (Fsp3) is 0.667. The molecule has 0 saturated heterocycles. The first-order chi connectivity index (χ1) is 9.36. The second-order valence-electron chi connectivity index (χ2n) is 6.75. The van der Waals surface area contributed by atoms with Gasteiger partial charge in [0.05, 0.1) is 0 Å². The summed E-state index contributed by atoms with van der Waals surface area (Å²) < 4.78 is 0. The molecule has 3 rings (SSSR count). The van der Waals surface area contributed by atoms with Gasteiger partial charge in [0, 0.05) is 10.2 Å². The van der Waals surface area contributed by atoms with Crippen LogP contribution in [0.5, 0.6) is 0 Å². The Morgan fingerprint density at radius 2 is 1.32 bits per heavy atom. The summed E-state index contributed by atoms with van der Waals surface area (Å²) in [6.45, 7) is 0. The standard InChI is InChI=1S/C18H28Si/c19-17-13-7-12-16(14-8-3-1-4-9-14)18(17)15-10-5-2-6-11-15/h7,12-15H,1-6,8-11H2,19H3. The zero-order valence-electron chi connectivity index (χ0n) is 12.5. The van der Waals surface area contributed by atoms with Gasteiger partial charge in [0.15, 0.2) is 0 Å². The molecular formula is C18H28Si. The lowest BCUT2D eigenvalue weighted by atomic mass is 9.76. The Morgan fingerprint density at radius 1 is 0.737 bits per heavy atom. The lowest BCUT2D eigenvalue weighted by molar-refractivity contribution is 0.420. The van der Waals surface area contributed by atoms with E-state index in [4.69, 9.17) is 0 Å². The van der Waals surface area contributed by atoms with Crippen LogP contribution in [0.25, 0.3) is 0 Å². The van der Waals surface area contributed by atoms with Crippen molar-refractivity contribution in [2.75, 3.05) is 0 Å². The highest BCUT2D eigenvalue weighted by molar-refractivity contribution is 6.33. The van der Waals surface area contributed by atoms with Crippen molar-refractivity contribution >= 4 is 15.4 Å². The van der Waals surface area contributed by atoms with Gasteiger partial charge < -0.3 is 0 Å². The monoisotopic (exact) mass is 272 g/mol. The highest BCUT2D eigenvalue weighted by atomic mass is 28.1. The molecule has 0 aliphatic heterocycles. The Balaban J connectivity index is 1.91. The predicted molar refractivity (Wildman–Crippen MR) is 87.7 cm³/mol. The van der Waals surface area contributed by atoms with Crippen molar-refractivity contribution in [3.63, 3.8) is 0 Å². The highest BCUT2D eigenvalue weighted by Gasteiger charge is 2.24. The first-order valence-electron chi connectivity index (χ1n) is 8.45. The van der Waals surface area contributed by atoms with Crippen molar-refractivity contribution in [1.29, 1.82) is 0 Å². The maximum atomic E-state index is 2.47. The van der Waals surface area contributed by atoms with E-state index in [0.29, 0.717) is 0 Å². The maximum Gasteiger partial charge on any atom is 0.0388 e. The summed E-state index contributed by atoms with van der Waals surface area (Å²) in [6.07, 6.45) is 14.6. The van der Waals surface area contributed by atoms with Crippen LogP contribution in [0.15, 0.2) is 18.2 Å². The van der Waals surface area contributed by atoms with Crippen LogP contribution in [0.3, 0.4) is 0 Å². The van der Waals surface area contributed by atoms with Crippen LogP contribution < -0.4 is 5.19 Å². The molecule has 19 heavy (non-hydrogen) atoms. The molecule has 2 fully saturated rings. The molecule has 0 bridgehead atoms. The van der Waals surface area contributed by atoms with Crippen LogP contribution >= 0.6 is 0 Å². The van der Waals surface area contributed by atoms with Crippen LogP contribution in [-0.4, -0.2) is 10.2 Å². The second kappa shape index (κ2) is 6.26. The largest absolute Gasteiger partial charge is 0.0671 e. The number of hydrogen-bond donors (Lipinski definition) is 0. The third kappa shape index (κ3) is 2.96. The van der Waals surface area contributed by atoms with Gasteiger partial charge in [-0.15, -0.1) is 0 Å². The molecule has 0 N–H and O–H groups in total. The van der Waals surface area contributed by atoms with Crippen LogP contribution in [0, 0.1) is 0 Å². The normalized spacial score (nSPS) is 22.7. The molecule has 0 radical (unpaired) electrons. The summed E-state index contributed by atoms with van der Waals surface area (Å²) >= 11 is 0. The highest BCUT2D eigenvalue weighted by Crippen LogP contribution is 2.40. The van der Waals surface area contributed by atoms with E-state index < -0.39 is 0 Å². The quantitative estimate of drug-likeness (QED) is 0.719. The zero-order chi connectivity index (χ0) is 13.1. The Hall–Kier alpha value is -0.563. The van der Waals surface area contributed by atoms with E-state index in [1.165, 1.54) is 74.5 Å². The van der Waals surface area contributed by atoms with E-state index in [0.717, 1.165) is 11.8 Å². The summed E-state index contributed by atoms with van der Waals surface area (Å²) in [6, 6.07) is 7.21. The fourth-order valence-electron chi connectivity index (χ4n) is 4.42. The molecule has 0 amide bonds. The lowest BCUT2D eigenvalue weighted by Gasteiger charge is -2.31. The van der Waals surface area contributed by atoms with Crippen LogP contribution in [0.1, 0.15) is 87.2 Å². The van der Waals surface area contributed by atoms with Gasteiger partial charge in [-0.25, -0.2) is 0 Å². The lowest BCUT2D eigenvalue weighted by Crippen LogP contribution is -2.21. The number of rotatable bonds is 2. The topological polar surface area (TPSA) is 0 Å². The Labute approximate surface area is 121 Å². The van der Waals surface area contributed by atoms with E-state index in [2.05, 4.69) is 18.2 Å². The van der Waals surface area contributed by atoms with Gasteiger partial charge in [0.25, 0.3) is 0 Å². The van der Waals surface area contributed by atoms with Crippen molar-refractivity contribution in [1.82, 2.24) is 0 Å². The van der Waals surface area contributed by atoms with E-state index in [-0.39, 0.29) is 0 Å². The minimum Gasteiger partial charge on any atom is -0.0671 e. The van der Waals surface area contributed by atoms with Crippen molar-refractivity contribution in [2.24, 2.45) is 0 Å². The third-order valence-corrected chi connectivity index (χ3v) is 6.29. The van der Waals surface area contributed by atoms with E-state index in [1.807, 2.05) is 5.56 Å². The van der Waals surface area contributed by atoms with Gasteiger partial charge in [-0.3, -0.25) is 0 Å². The summed E-state index contributed by atoms with van der Waals surface area (Å²) in [5.74, 6) is 1.79. The SMILES string of the molecule is [SiH3]c1cccc(C2CCCCC2)c1C1CCCCC1. The molecule has 1 heteroatoms. The van der Waals surface area contributed by atoms with Crippen molar-refractivity contribution in [3.05, 3.63) is 29.3 Å². The Bertz CT molecular complexity index is 412. The van der Waals surface area contributed by atoms with Gasteiger partial charge >= 0.3 is 0 Å². The van der Waals surface area contributed by atoms with Gasteiger partial charge in [0.2, 0.25) is 0 Å². The molecule has 2 saturated carbocycles. The number of hydrogen-bond acceptors (Lipinski definition) is 0. The van der Waals surface area contributed by atoms with E-state index in [9.17, 15) is 0 Å². The molecule has 2 aliphatic carbocycles. The van der Waals surface area contributed by atoms with E-state index >= 15 is 0 Å². The molecule has 1 aromatic carbocycles. The summed E-state index contributed by atoms with van der Waals surface area (Å²) in [5, 5.41) is 1.70. The molecule has 0 spiro atoms. The third-order valence-electron chi connectivity index (χ3n) is 5.42. The summed E-state index contributed by atoms with van der Waals surface area (Å²) in [5.41, 5.74) is 3.58. The molecule has 0 nitrogen and oxygen atoms in total. The van der Waals surface area contributed by atoms with E-state index in [1.54, 1.807) is 10.8 Å². The van der Waals surface area contributed by atoms with Crippen LogP contribution in [0.4, 0.5) is 0 Å². The van der Waals surface area contributed by atoms with Crippen molar-refractivity contribution < 1.29 is 0 Å². The zero-order valence-corrected chi connectivity index (χ0v) is 14.5. The molecule has 0 unspecified atom stereocenters. The smallest absolute Gasteiger partial charge is 0.0388 e. The minimum atomic E-state index is 0.888. The molecule has 104 valence electrons. The van der Waals surface area contributed by atoms with Crippen LogP contribution in [-0.2, 0) is 0 Å². The minimum absolute atomic E-state index is 0.888. The molecular weight excluding hydrogens is 244 g/mol. The molecule has 1 aromatic rings. The average molecular weight is 273 g/mol. The average Bonchev–Trinajstić information content (AvgIpc) is 2.49. The van der Waals surface area contributed by atoms with Gasteiger partial charge in [0.1, 0.15) is 0 Å². The first-order valence-corrected chi connectivity index (χ1v) is 9.45. The molecule has 0 aromatic heterocycles. The van der Waals surface area contributed by atoms with Crippen molar-refractivity contribution in [2.45, 2.75) is 76.0 Å². The van der Waals surface area contributed by atoms with Crippen molar-refractivity contribution in [3.8, 4) is 0 Å². The molecule has 0 heterocycles. The fourth-order valence-corrected chi connectivity index (χ4v) is 5.31. The first kappa shape index (κ1) is 13.4. The summed E-state index contributed by atoms with van der Waals surface area (Å²) in [7, 11) is 1.23. The van der Waals surface area contributed by atoms with Gasteiger partial charge in [-0.05, 0) is 48.6 Å².